The lowest BCUT2D eigenvalue weighted by atomic mass is 10.1. The summed E-state index contributed by atoms with van der Waals surface area (Å²) in [4.78, 5) is 2.51. The molecular formula is C15H20N2. The molecule has 2 rings (SSSR count). The Kier molecular flexibility index (Phi) is 3.68. The van der Waals surface area contributed by atoms with Gasteiger partial charge in [-0.05, 0) is 49.9 Å². The van der Waals surface area contributed by atoms with Crippen molar-refractivity contribution in [1.29, 1.82) is 5.26 Å². The van der Waals surface area contributed by atoms with Crippen LogP contribution in [-0.4, -0.2) is 12.6 Å². The fraction of sp³-hybridized carbons (Fsp3) is 0.533. The van der Waals surface area contributed by atoms with Gasteiger partial charge in [-0.25, -0.2) is 0 Å². The second-order valence-electron chi connectivity index (χ2n) is 4.89. The first kappa shape index (κ1) is 12.0. The molecule has 17 heavy (non-hydrogen) atoms. The quantitative estimate of drug-likeness (QED) is 0.769. The Morgan fingerprint density at radius 1 is 1.41 bits per heavy atom. The van der Waals surface area contributed by atoms with Gasteiger partial charge in [-0.3, -0.25) is 0 Å². The van der Waals surface area contributed by atoms with E-state index in [2.05, 4.69) is 30.0 Å². The SMILES string of the molecule is CCCCN(c1ccc(C#N)c(C)c1)C1CC1. The van der Waals surface area contributed by atoms with Crippen LogP contribution in [0.25, 0.3) is 0 Å². The van der Waals surface area contributed by atoms with Crippen molar-refractivity contribution in [3.05, 3.63) is 29.3 Å². The van der Waals surface area contributed by atoms with Crippen molar-refractivity contribution in [3.63, 3.8) is 0 Å². The Morgan fingerprint density at radius 2 is 2.18 bits per heavy atom. The van der Waals surface area contributed by atoms with Crippen LogP contribution < -0.4 is 4.90 Å². The summed E-state index contributed by atoms with van der Waals surface area (Å²) < 4.78 is 0. The molecule has 0 radical (unpaired) electrons. The molecule has 0 aromatic heterocycles. The van der Waals surface area contributed by atoms with Crippen molar-refractivity contribution >= 4 is 5.69 Å². The van der Waals surface area contributed by atoms with Crippen LogP contribution in [0.3, 0.4) is 0 Å². The van der Waals surface area contributed by atoms with Crippen molar-refractivity contribution < 1.29 is 0 Å². The van der Waals surface area contributed by atoms with Crippen LogP contribution in [0.2, 0.25) is 0 Å². The Morgan fingerprint density at radius 3 is 2.71 bits per heavy atom. The molecule has 0 amide bonds. The minimum absolute atomic E-state index is 0.744. The summed E-state index contributed by atoms with van der Waals surface area (Å²) in [6.07, 6.45) is 5.12. The maximum atomic E-state index is 8.95. The van der Waals surface area contributed by atoms with Gasteiger partial charge in [0.1, 0.15) is 0 Å². The molecule has 90 valence electrons. The van der Waals surface area contributed by atoms with Gasteiger partial charge >= 0.3 is 0 Å². The van der Waals surface area contributed by atoms with Gasteiger partial charge in [0.15, 0.2) is 0 Å². The van der Waals surface area contributed by atoms with Gasteiger partial charge in [0.05, 0.1) is 11.6 Å². The Balaban J connectivity index is 2.18. The number of hydrogen-bond donors (Lipinski definition) is 0. The largest absolute Gasteiger partial charge is 0.369 e. The molecule has 1 aliphatic carbocycles. The number of rotatable bonds is 5. The maximum absolute atomic E-state index is 8.95. The van der Waals surface area contributed by atoms with Crippen molar-refractivity contribution in [3.8, 4) is 6.07 Å². The molecule has 2 heteroatoms. The Bertz CT molecular complexity index is 427. The normalized spacial score (nSPS) is 14.4. The Labute approximate surface area is 104 Å². The second-order valence-corrected chi connectivity index (χ2v) is 4.89. The first-order valence-electron chi connectivity index (χ1n) is 6.53. The summed E-state index contributed by atoms with van der Waals surface area (Å²) in [5.74, 6) is 0. The monoisotopic (exact) mass is 228 g/mol. The van der Waals surface area contributed by atoms with Gasteiger partial charge in [-0.15, -0.1) is 0 Å². The van der Waals surface area contributed by atoms with Crippen molar-refractivity contribution in [2.45, 2.75) is 45.6 Å². The molecule has 0 unspecified atom stereocenters. The van der Waals surface area contributed by atoms with Crippen LogP contribution in [-0.2, 0) is 0 Å². The number of hydrogen-bond acceptors (Lipinski definition) is 2. The van der Waals surface area contributed by atoms with Gasteiger partial charge < -0.3 is 4.90 Å². The zero-order valence-electron chi connectivity index (χ0n) is 10.7. The number of nitrogens with zero attached hydrogens (tertiary/aromatic N) is 2. The van der Waals surface area contributed by atoms with Crippen LogP contribution in [0, 0.1) is 18.3 Å². The average molecular weight is 228 g/mol. The second kappa shape index (κ2) is 5.23. The molecule has 1 aromatic rings. The molecule has 1 aliphatic rings. The van der Waals surface area contributed by atoms with Crippen LogP contribution in [0.15, 0.2) is 18.2 Å². The maximum Gasteiger partial charge on any atom is 0.0994 e. The summed E-state index contributed by atoms with van der Waals surface area (Å²) in [6.45, 7) is 5.40. The summed E-state index contributed by atoms with van der Waals surface area (Å²) in [7, 11) is 0. The summed E-state index contributed by atoms with van der Waals surface area (Å²) >= 11 is 0. The Hall–Kier alpha value is -1.49. The minimum atomic E-state index is 0.744. The lowest BCUT2D eigenvalue weighted by Crippen LogP contribution is -2.26. The van der Waals surface area contributed by atoms with Gasteiger partial charge in [-0.1, -0.05) is 13.3 Å². The standard InChI is InChI=1S/C15H20N2/c1-3-4-9-17(14-7-8-14)15-6-5-13(11-16)12(2)10-15/h5-6,10,14H,3-4,7-9H2,1-2H3. The average Bonchev–Trinajstić information content (AvgIpc) is 3.14. The highest BCUT2D eigenvalue weighted by atomic mass is 15.2. The van der Waals surface area contributed by atoms with Gasteiger partial charge in [0.25, 0.3) is 0 Å². The molecule has 1 saturated carbocycles. The van der Waals surface area contributed by atoms with Crippen molar-refractivity contribution in [1.82, 2.24) is 0 Å². The van der Waals surface area contributed by atoms with E-state index in [1.165, 1.54) is 31.4 Å². The number of nitriles is 1. The van der Waals surface area contributed by atoms with Gasteiger partial charge in [0.2, 0.25) is 0 Å². The first-order chi connectivity index (χ1) is 8.26. The van der Waals surface area contributed by atoms with E-state index in [1.807, 2.05) is 13.0 Å². The molecule has 0 spiro atoms. The van der Waals surface area contributed by atoms with E-state index in [0.29, 0.717) is 0 Å². The molecule has 0 heterocycles. The van der Waals surface area contributed by atoms with Gasteiger partial charge in [-0.2, -0.15) is 5.26 Å². The molecule has 1 aromatic carbocycles. The highest BCUT2D eigenvalue weighted by Gasteiger charge is 2.28. The van der Waals surface area contributed by atoms with Crippen molar-refractivity contribution in [2.24, 2.45) is 0 Å². The van der Waals surface area contributed by atoms with Crippen molar-refractivity contribution in [2.75, 3.05) is 11.4 Å². The zero-order chi connectivity index (χ0) is 12.3. The smallest absolute Gasteiger partial charge is 0.0994 e. The summed E-state index contributed by atoms with van der Waals surface area (Å²) in [5.41, 5.74) is 3.17. The summed E-state index contributed by atoms with van der Waals surface area (Å²) in [6, 6.07) is 9.18. The van der Waals surface area contributed by atoms with E-state index in [1.54, 1.807) is 0 Å². The summed E-state index contributed by atoms with van der Waals surface area (Å²) in [5, 5.41) is 8.95. The van der Waals surface area contributed by atoms with E-state index >= 15 is 0 Å². The topological polar surface area (TPSA) is 27.0 Å². The molecule has 2 nitrogen and oxygen atoms in total. The van der Waals surface area contributed by atoms with Gasteiger partial charge in [0, 0.05) is 18.3 Å². The molecule has 0 aliphatic heterocycles. The predicted octanol–water partition coefficient (Wildman–Crippen LogP) is 3.64. The van der Waals surface area contributed by atoms with Crippen LogP contribution in [0.5, 0.6) is 0 Å². The molecule has 0 atom stereocenters. The zero-order valence-corrected chi connectivity index (χ0v) is 10.7. The number of anilines is 1. The highest BCUT2D eigenvalue weighted by molar-refractivity contribution is 5.54. The third-order valence-corrected chi connectivity index (χ3v) is 3.40. The number of unbranched alkanes of at least 4 members (excludes halogenated alkanes) is 1. The van der Waals surface area contributed by atoms with Crippen LogP contribution >= 0.6 is 0 Å². The minimum Gasteiger partial charge on any atom is -0.369 e. The molecule has 0 N–H and O–H groups in total. The van der Waals surface area contributed by atoms with E-state index in [-0.39, 0.29) is 0 Å². The third-order valence-electron chi connectivity index (χ3n) is 3.40. The molecule has 0 bridgehead atoms. The third kappa shape index (κ3) is 2.79. The molecule has 1 fully saturated rings. The van der Waals surface area contributed by atoms with Crippen LogP contribution in [0.1, 0.15) is 43.7 Å². The van der Waals surface area contributed by atoms with E-state index < -0.39 is 0 Å². The predicted molar refractivity (Wildman–Crippen MR) is 71.2 cm³/mol. The number of aryl methyl sites for hydroxylation is 1. The van der Waals surface area contributed by atoms with E-state index in [4.69, 9.17) is 5.26 Å². The lowest BCUT2D eigenvalue weighted by Gasteiger charge is -2.25. The fourth-order valence-electron chi connectivity index (χ4n) is 2.19. The van der Waals surface area contributed by atoms with E-state index in [9.17, 15) is 0 Å². The van der Waals surface area contributed by atoms with Crippen LogP contribution in [0.4, 0.5) is 5.69 Å². The fourth-order valence-corrected chi connectivity index (χ4v) is 2.19. The molecule has 0 saturated heterocycles. The number of benzene rings is 1. The van der Waals surface area contributed by atoms with E-state index in [0.717, 1.165) is 23.7 Å². The molecular weight excluding hydrogens is 208 g/mol. The first-order valence-corrected chi connectivity index (χ1v) is 6.53. The lowest BCUT2D eigenvalue weighted by molar-refractivity contribution is 0.713. The highest BCUT2D eigenvalue weighted by Crippen LogP contribution is 2.32.